The summed E-state index contributed by atoms with van der Waals surface area (Å²) in [5, 5.41) is 3.00. The van der Waals surface area contributed by atoms with Crippen molar-refractivity contribution in [3.63, 3.8) is 0 Å². The van der Waals surface area contributed by atoms with Crippen molar-refractivity contribution in [1.29, 1.82) is 0 Å². The molecule has 1 aliphatic rings. The molecule has 2 aromatic carbocycles. The van der Waals surface area contributed by atoms with E-state index >= 15 is 0 Å². The Morgan fingerprint density at radius 3 is 2.06 bits per heavy atom. The van der Waals surface area contributed by atoms with Crippen LogP contribution in [0.5, 0.6) is 11.5 Å². The first-order valence-electron chi connectivity index (χ1n) is 9.96. The van der Waals surface area contributed by atoms with Crippen molar-refractivity contribution in [2.75, 3.05) is 45.3 Å². The Bertz CT molecular complexity index is 1100. The highest BCUT2D eigenvalue weighted by atomic mass is 32.2. The molecule has 2 heterocycles. The minimum Gasteiger partial charge on any atom is -0.497 e. The van der Waals surface area contributed by atoms with Crippen molar-refractivity contribution < 1.29 is 17.9 Å². The molecule has 0 spiro atoms. The number of hydrogen-bond acceptors (Lipinski definition) is 7. The van der Waals surface area contributed by atoms with Gasteiger partial charge in [-0.05, 0) is 42.0 Å². The van der Waals surface area contributed by atoms with E-state index in [-0.39, 0.29) is 4.90 Å². The number of anilines is 1. The quantitative estimate of drug-likeness (QED) is 0.540. The van der Waals surface area contributed by atoms with Gasteiger partial charge in [0.15, 0.2) is 5.13 Å². The standard InChI is InChI=1S/C22H25N3O4S2/c1-28-19-5-3-17(4-6-19)15-18-16-30-22(23-18)24-11-13-25(14-12-24)31(26,27)21-9-7-20(29-2)8-10-21/h3-10,16H,11-15H2,1-2H3. The Balaban J connectivity index is 1.37. The number of hydrogen-bond donors (Lipinski definition) is 0. The van der Waals surface area contributed by atoms with Crippen LogP contribution in [0, 0.1) is 0 Å². The van der Waals surface area contributed by atoms with E-state index in [1.807, 2.05) is 24.3 Å². The lowest BCUT2D eigenvalue weighted by Crippen LogP contribution is -2.48. The molecule has 9 heteroatoms. The number of ether oxygens (including phenoxy) is 2. The molecule has 0 aliphatic carbocycles. The van der Waals surface area contributed by atoms with Gasteiger partial charge in [-0.15, -0.1) is 11.3 Å². The number of sulfonamides is 1. The van der Waals surface area contributed by atoms with E-state index in [1.54, 1.807) is 49.8 Å². The Morgan fingerprint density at radius 2 is 1.48 bits per heavy atom. The van der Waals surface area contributed by atoms with Gasteiger partial charge in [-0.25, -0.2) is 13.4 Å². The molecule has 0 saturated carbocycles. The second-order valence-corrected chi connectivity index (χ2v) is 9.99. The normalized spacial score (nSPS) is 15.1. The maximum Gasteiger partial charge on any atom is 0.243 e. The van der Waals surface area contributed by atoms with Crippen LogP contribution in [-0.2, 0) is 16.4 Å². The van der Waals surface area contributed by atoms with Gasteiger partial charge in [-0.3, -0.25) is 0 Å². The third-order valence-electron chi connectivity index (χ3n) is 5.29. The molecule has 1 fully saturated rings. The van der Waals surface area contributed by atoms with Crippen molar-refractivity contribution in [1.82, 2.24) is 9.29 Å². The van der Waals surface area contributed by atoms with Gasteiger partial charge in [0, 0.05) is 38.0 Å². The highest BCUT2D eigenvalue weighted by Gasteiger charge is 2.29. The third kappa shape index (κ3) is 4.84. The first kappa shape index (κ1) is 21.6. The molecule has 164 valence electrons. The smallest absolute Gasteiger partial charge is 0.243 e. The molecule has 1 aromatic heterocycles. The van der Waals surface area contributed by atoms with Gasteiger partial charge in [0.05, 0.1) is 24.8 Å². The summed E-state index contributed by atoms with van der Waals surface area (Å²) in [4.78, 5) is 7.21. The predicted octanol–water partition coefficient (Wildman–Crippen LogP) is 3.26. The van der Waals surface area contributed by atoms with Crippen LogP contribution in [0.3, 0.4) is 0 Å². The Hall–Kier alpha value is -2.62. The minimum absolute atomic E-state index is 0.290. The number of aromatic nitrogens is 1. The summed E-state index contributed by atoms with van der Waals surface area (Å²) in [5.74, 6) is 1.48. The molecule has 1 saturated heterocycles. The molecular weight excluding hydrogens is 434 g/mol. The Morgan fingerprint density at radius 1 is 0.903 bits per heavy atom. The lowest BCUT2D eigenvalue weighted by Gasteiger charge is -2.33. The van der Waals surface area contributed by atoms with E-state index < -0.39 is 10.0 Å². The summed E-state index contributed by atoms with van der Waals surface area (Å²) in [7, 11) is -0.294. The average molecular weight is 460 g/mol. The molecule has 31 heavy (non-hydrogen) atoms. The first-order valence-corrected chi connectivity index (χ1v) is 12.3. The van der Waals surface area contributed by atoms with Crippen LogP contribution >= 0.6 is 11.3 Å². The lowest BCUT2D eigenvalue weighted by atomic mass is 10.1. The van der Waals surface area contributed by atoms with E-state index in [2.05, 4.69) is 10.3 Å². The zero-order chi connectivity index (χ0) is 21.8. The fourth-order valence-electron chi connectivity index (χ4n) is 3.49. The summed E-state index contributed by atoms with van der Waals surface area (Å²) in [5.41, 5.74) is 2.19. The summed E-state index contributed by atoms with van der Waals surface area (Å²) in [6.45, 7) is 2.10. The van der Waals surface area contributed by atoms with Crippen LogP contribution < -0.4 is 14.4 Å². The fraction of sp³-hybridized carbons (Fsp3) is 0.318. The number of benzene rings is 2. The van der Waals surface area contributed by atoms with Gasteiger partial charge in [0.1, 0.15) is 11.5 Å². The zero-order valence-electron chi connectivity index (χ0n) is 17.5. The molecule has 0 N–H and O–H groups in total. The van der Waals surface area contributed by atoms with Crippen molar-refractivity contribution >= 4 is 26.5 Å². The van der Waals surface area contributed by atoms with Crippen molar-refractivity contribution in [2.45, 2.75) is 11.3 Å². The Kier molecular flexibility index (Phi) is 6.45. The fourth-order valence-corrected chi connectivity index (χ4v) is 5.79. The highest BCUT2D eigenvalue weighted by Crippen LogP contribution is 2.26. The van der Waals surface area contributed by atoms with Gasteiger partial charge in [-0.1, -0.05) is 12.1 Å². The highest BCUT2D eigenvalue weighted by molar-refractivity contribution is 7.89. The summed E-state index contributed by atoms with van der Waals surface area (Å²) >= 11 is 1.60. The molecule has 0 amide bonds. The number of nitrogens with zero attached hydrogens (tertiary/aromatic N) is 3. The molecule has 1 aliphatic heterocycles. The molecule has 4 rings (SSSR count). The van der Waals surface area contributed by atoms with Crippen molar-refractivity contribution in [3.8, 4) is 11.5 Å². The molecule has 0 bridgehead atoms. The second kappa shape index (κ2) is 9.25. The molecule has 7 nitrogen and oxygen atoms in total. The molecule has 3 aromatic rings. The van der Waals surface area contributed by atoms with Gasteiger partial charge >= 0.3 is 0 Å². The van der Waals surface area contributed by atoms with Crippen molar-refractivity contribution in [3.05, 3.63) is 65.2 Å². The predicted molar refractivity (Wildman–Crippen MR) is 122 cm³/mol. The molecule has 0 atom stereocenters. The van der Waals surface area contributed by atoms with Gasteiger partial charge in [0.25, 0.3) is 0 Å². The SMILES string of the molecule is COc1ccc(Cc2csc(N3CCN(S(=O)(=O)c4ccc(OC)cc4)CC3)n2)cc1. The van der Waals surface area contributed by atoms with E-state index in [1.165, 1.54) is 9.87 Å². The van der Waals surface area contributed by atoms with E-state index in [0.29, 0.717) is 31.9 Å². The van der Waals surface area contributed by atoms with Gasteiger partial charge < -0.3 is 14.4 Å². The summed E-state index contributed by atoms with van der Waals surface area (Å²) in [6.07, 6.45) is 0.756. The van der Waals surface area contributed by atoms with Crippen LogP contribution in [0.2, 0.25) is 0 Å². The van der Waals surface area contributed by atoms with E-state index in [9.17, 15) is 8.42 Å². The number of thiazole rings is 1. The first-order chi connectivity index (χ1) is 15.0. The van der Waals surface area contributed by atoms with Crippen molar-refractivity contribution in [2.24, 2.45) is 0 Å². The molecule has 0 unspecified atom stereocenters. The number of rotatable bonds is 7. The van der Waals surface area contributed by atoms with Gasteiger partial charge in [0.2, 0.25) is 10.0 Å². The number of methoxy groups -OCH3 is 2. The second-order valence-electron chi connectivity index (χ2n) is 7.21. The molecular formula is C22H25N3O4S2. The monoisotopic (exact) mass is 459 g/mol. The summed E-state index contributed by atoms with van der Waals surface area (Å²) in [6, 6.07) is 14.5. The van der Waals surface area contributed by atoms with Crippen LogP contribution in [0.1, 0.15) is 11.3 Å². The largest absolute Gasteiger partial charge is 0.497 e. The topological polar surface area (TPSA) is 72.0 Å². The minimum atomic E-state index is -3.51. The van der Waals surface area contributed by atoms with Crippen LogP contribution in [0.4, 0.5) is 5.13 Å². The average Bonchev–Trinajstić information content (AvgIpc) is 3.28. The van der Waals surface area contributed by atoms with Crippen LogP contribution in [-0.4, -0.2) is 58.1 Å². The lowest BCUT2D eigenvalue weighted by molar-refractivity contribution is 0.384. The number of piperazine rings is 1. The van der Waals surface area contributed by atoms with Crippen LogP contribution in [0.15, 0.2) is 58.8 Å². The third-order valence-corrected chi connectivity index (χ3v) is 8.15. The maximum absolute atomic E-state index is 12.9. The van der Waals surface area contributed by atoms with E-state index in [4.69, 9.17) is 14.5 Å². The van der Waals surface area contributed by atoms with Crippen LogP contribution in [0.25, 0.3) is 0 Å². The summed E-state index contributed by atoms with van der Waals surface area (Å²) < 4.78 is 37.7. The Labute approximate surface area is 186 Å². The maximum atomic E-state index is 12.9. The van der Waals surface area contributed by atoms with Gasteiger partial charge in [-0.2, -0.15) is 4.31 Å². The molecule has 0 radical (unpaired) electrons. The van der Waals surface area contributed by atoms with E-state index in [0.717, 1.165) is 23.0 Å². The zero-order valence-corrected chi connectivity index (χ0v) is 19.2.